The third kappa shape index (κ3) is 7.85. The highest BCUT2D eigenvalue weighted by atomic mass is 35.5. The molecule has 8 heteroatoms. The zero-order valence-corrected chi connectivity index (χ0v) is 20.6. The molecule has 0 aliphatic carbocycles. The van der Waals surface area contributed by atoms with E-state index < -0.39 is 5.41 Å². The summed E-state index contributed by atoms with van der Waals surface area (Å²) in [5.74, 6) is 0.829. The summed E-state index contributed by atoms with van der Waals surface area (Å²) in [4.78, 5) is 23.2. The molecular formula is C26H31ClN2O5. The Hall–Kier alpha value is -2.90. The number of carbonyl (C=O) groups is 2. The van der Waals surface area contributed by atoms with Crippen LogP contribution in [0.4, 0.5) is 0 Å². The first-order valence-electron chi connectivity index (χ1n) is 11.4. The molecular weight excluding hydrogens is 456 g/mol. The molecule has 1 amide bonds. The van der Waals surface area contributed by atoms with Gasteiger partial charge in [0.25, 0.3) is 0 Å². The van der Waals surface area contributed by atoms with Crippen LogP contribution in [-0.4, -0.2) is 37.4 Å². The summed E-state index contributed by atoms with van der Waals surface area (Å²) >= 11 is 6.34. The molecule has 2 aromatic rings. The van der Waals surface area contributed by atoms with Crippen LogP contribution in [0.5, 0.6) is 11.5 Å². The summed E-state index contributed by atoms with van der Waals surface area (Å²) in [6, 6.07) is 13.0. The van der Waals surface area contributed by atoms with Crippen molar-refractivity contribution in [3.8, 4) is 11.5 Å². The summed E-state index contributed by atoms with van der Waals surface area (Å²) in [6.07, 6.45) is 2.52. The van der Waals surface area contributed by atoms with E-state index in [9.17, 15) is 9.59 Å². The van der Waals surface area contributed by atoms with Gasteiger partial charge in [0.2, 0.25) is 5.91 Å². The molecule has 0 atom stereocenters. The van der Waals surface area contributed by atoms with Gasteiger partial charge < -0.3 is 14.2 Å². The molecule has 3 rings (SSSR count). The standard InChI is InChI=1S/C26H31ClN2O5/c1-26(2,3)25(31)34-20-8-5-18(6-9-20)13-16-32-14-4-15-33-23-11-7-19(17-21(23)27)22-10-12-24(30)29-28-22/h5-9,11,17H,4,10,12-16H2,1-3H3,(H,29,30). The minimum Gasteiger partial charge on any atom is -0.492 e. The van der Waals surface area contributed by atoms with E-state index in [-0.39, 0.29) is 11.9 Å². The Morgan fingerprint density at radius 1 is 1.06 bits per heavy atom. The molecule has 0 saturated heterocycles. The zero-order valence-electron chi connectivity index (χ0n) is 19.9. The number of nitrogens with one attached hydrogen (secondary N) is 1. The van der Waals surface area contributed by atoms with Crippen molar-refractivity contribution in [2.75, 3.05) is 19.8 Å². The van der Waals surface area contributed by atoms with Gasteiger partial charge >= 0.3 is 5.97 Å². The Morgan fingerprint density at radius 2 is 1.82 bits per heavy atom. The van der Waals surface area contributed by atoms with Gasteiger partial charge in [-0.05, 0) is 68.7 Å². The Labute approximate surface area is 205 Å². The van der Waals surface area contributed by atoms with E-state index in [1.807, 2.05) is 45.0 Å². The Morgan fingerprint density at radius 3 is 2.47 bits per heavy atom. The molecule has 1 heterocycles. The number of rotatable bonds is 10. The van der Waals surface area contributed by atoms with Crippen molar-refractivity contribution in [3.05, 3.63) is 58.6 Å². The van der Waals surface area contributed by atoms with Crippen LogP contribution in [0.15, 0.2) is 47.6 Å². The first kappa shape index (κ1) is 25.7. The van der Waals surface area contributed by atoms with Crippen LogP contribution in [0.3, 0.4) is 0 Å². The van der Waals surface area contributed by atoms with Gasteiger partial charge in [0.15, 0.2) is 0 Å². The predicted molar refractivity (Wildman–Crippen MR) is 132 cm³/mol. The van der Waals surface area contributed by atoms with E-state index in [4.69, 9.17) is 25.8 Å². The highest BCUT2D eigenvalue weighted by molar-refractivity contribution is 6.32. The number of halogens is 1. The molecule has 2 aromatic carbocycles. The molecule has 1 aliphatic rings. The molecule has 1 aliphatic heterocycles. The molecule has 1 N–H and O–H groups in total. The largest absolute Gasteiger partial charge is 0.492 e. The minimum absolute atomic E-state index is 0.0752. The third-order valence-corrected chi connectivity index (χ3v) is 5.44. The summed E-state index contributed by atoms with van der Waals surface area (Å²) in [7, 11) is 0. The number of hydrogen-bond acceptors (Lipinski definition) is 6. The molecule has 0 aromatic heterocycles. The second-order valence-corrected chi connectivity index (χ2v) is 9.49. The van der Waals surface area contributed by atoms with Gasteiger partial charge in [-0.1, -0.05) is 23.7 Å². The van der Waals surface area contributed by atoms with Gasteiger partial charge in [-0.3, -0.25) is 9.59 Å². The lowest BCUT2D eigenvalue weighted by Gasteiger charge is -2.16. The molecule has 34 heavy (non-hydrogen) atoms. The smallest absolute Gasteiger partial charge is 0.316 e. The number of hydrogen-bond donors (Lipinski definition) is 1. The van der Waals surface area contributed by atoms with E-state index in [2.05, 4.69) is 10.5 Å². The van der Waals surface area contributed by atoms with Crippen molar-refractivity contribution >= 4 is 29.2 Å². The van der Waals surface area contributed by atoms with Gasteiger partial charge in [-0.15, -0.1) is 0 Å². The normalized spacial score (nSPS) is 13.8. The SMILES string of the molecule is CC(C)(C)C(=O)Oc1ccc(CCOCCCOc2ccc(C3=NNC(=O)CC3)cc2Cl)cc1. The molecule has 0 spiro atoms. The Kier molecular flexibility index (Phi) is 9.07. The van der Waals surface area contributed by atoms with Crippen molar-refractivity contribution in [1.82, 2.24) is 5.43 Å². The van der Waals surface area contributed by atoms with Crippen LogP contribution in [0, 0.1) is 5.41 Å². The number of nitrogens with zero attached hydrogens (tertiary/aromatic N) is 1. The summed E-state index contributed by atoms with van der Waals surface area (Å²) < 4.78 is 16.8. The van der Waals surface area contributed by atoms with Gasteiger partial charge in [0.1, 0.15) is 11.5 Å². The number of benzene rings is 2. The van der Waals surface area contributed by atoms with Crippen molar-refractivity contribution in [3.63, 3.8) is 0 Å². The van der Waals surface area contributed by atoms with Crippen molar-refractivity contribution < 1.29 is 23.8 Å². The highest BCUT2D eigenvalue weighted by Gasteiger charge is 2.23. The monoisotopic (exact) mass is 486 g/mol. The van der Waals surface area contributed by atoms with Gasteiger partial charge in [0.05, 0.1) is 29.4 Å². The summed E-state index contributed by atoms with van der Waals surface area (Å²) in [5, 5.41) is 4.59. The molecule has 182 valence electrons. The predicted octanol–water partition coefficient (Wildman–Crippen LogP) is 4.93. The van der Waals surface area contributed by atoms with Crippen LogP contribution in [0.25, 0.3) is 0 Å². The van der Waals surface area contributed by atoms with E-state index in [0.29, 0.717) is 49.2 Å². The first-order valence-corrected chi connectivity index (χ1v) is 11.8. The van der Waals surface area contributed by atoms with Crippen LogP contribution >= 0.6 is 11.6 Å². The fraction of sp³-hybridized carbons (Fsp3) is 0.423. The van der Waals surface area contributed by atoms with Gasteiger partial charge in [0, 0.05) is 25.9 Å². The minimum atomic E-state index is -0.532. The number of ether oxygens (including phenoxy) is 3. The summed E-state index contributed by atoms with van der Waals surface area (Å²) in [6.45, 7) is 7.14. The molecule has 0 unspecified atom stereocenters. The first-order chi connectivity index (χ1) is 16.2. The average molecular weight is 487 g/mol. The number of amides is 1. The van der Waals surface area contributed by atoms with Crippen LogP contribution < -0.4 is 14.9 Å². The maximum Gasteiger partial charge on any atom is 0.316 e. The van der Waals surface area contributed by atoms with Crippen LogP contribution in [-0.2, 0) is 20.7 Å². The lowest BCUT2D eigenvalue weighted by atomic mass is 9.97. The second kappa shape index (κ2) is 12.0. The van der Waals surface area contributed by atoms with E-state index >= 15 is 0 Å². The molecule has 7 nitrogen and oxygen atoms in total. The maximum atomic E-state index is 11.9. The van der Waals surface area contributed by atoms with Crippen molar-refractivity contribution in [2.45, 2.75) is 46.5 Å². The third-order valence-electron chi connectivity index (χ3n) is 5.14. The van der Waals surface area contributed by atoms with E-state index in [1.165, 1.54) is 0 Å². The lowest BCUT2D eigenvalue weighted by molar-refractivity contribution is -0.143. The molecule has 0 fully saturated rings. The quantitative estimate of drug-likeness (QED) is 0.292. The fourth-order valence-corrected chi connectivity index (χ4v) is 3.33. The maximum absolute atomic E-state index is 11.9. The topological polar surface area (TPSA) is 86.2 Å². The lowest BCUT2D eigenvalue weighted by Crippen LogP contribution is -2.25. The fourth-order valence-electron chi connectivity index (χ4n) is 3.10. The van der Waals surface area contributed by atoms with Gasteiger partial charge in [-0.2, -0.15) is 5.10 Å². The summed E-state index contributed by atoms with van der Waals surface area (Å²) in [5.41, 5.74) is 4.75. The Bertz CT molecular complexity index is 1030. The van der Waals surface area contributed by atoms with Crippen LogP contribution in [0.2, 0.25) is 5.02 Å². The van der Waals surface area contributed by atoms with E-state index in [1.54, 1.807) is 18.2 Å². The van der Waals surface area contributed by atoms with E-state index in [0.717, 1.165) is 29.7 Å². The van der Waals surface area contributed by atoms with Crippen molar-refractivity contribution in [1.29, 1.82) is 0 Å². The zero-order chi connectivity index (χ0) is 24.6. The van der Waals surface area contributed by atoms with Crippen LogP contribution in [0.1, 0.15) is 51.2 Å². The van der Waals surface area contributed by atoms with Gasteiger partial charge in [-0.25, -0.2) is 5.43 Å². The Balaban J connectivity index is 1.32. The molecule has 0 bridgehead atoms. The number of esters is 1. The second-order valence-electron chi connectivity index (χ2n) is 9.09. The molecule has 0 saturated carbocycles. The highest BCUT2D eigenvalue weighted by Crippen LogP contribution is 2.27. The van der Waals surface area contributed by atoms with Crippen molar-refractivity contribution in [2.24, 2.45) is 10.5 Å². The number of hydrazone groups is 1. The molecule has 0 radical (unpaired) electrons. The average Bonchev–Trinajstić information content (AvgIpc) is 2.80. The number of carbonyl (C=O) groups excluding carboxylic acids is 2.